The van der Waals surface area contributed by atoms with Crippen LogP contribution in [0.25, 0.3) is 0 Å². The van der Waals surface area contributed by atoms with Crippen LogP contribution >= 0.6 is 11.6 Å². The van der Waals surface area contributed by atoms with Gasteiger partial charge in [-0.1, -0.05) is 0 Å². The molecule has 0 spiro atoms. The monoisotopic (exact) mass is 1150 g/mol. The van der Waals surface area contributed by atoms with Gasteiger partial charge in [0.05, 0.1) is 46.7 Å². The van der Waals surface area contributed by atoms with Crippen LogP contribution in [-0.2, 0) is 33.9 Å². The number of methoxy groups -OCH3 is 2. The van der Waals surface area contributed by atoms with E-state index in [1.54, 1.807) is 37.5 Å². The van der Waals surface area contributed by atoms with Crippen molar-refractivity contribution in [1.82, 2.24) is 29.7 Å². The summed E-state index contributed by atoms with van der Waals surface area (Å²) in [6.45, 7) is 14.4. The molecule has 22 nitrogen and oxygen atoms in total. The first-order chi connectivity index (χ1) is 36.8. The second-order valence-corrected chi connectivity index (χ2v) is 24.6. The number of hydrogen-bond acceptors (Lipinski definition) is 20. The van der Waals surface area contributed by atoms with Crippen LogP contribution in [0.1, 0.15) is 99.8 Å². The zero-order valence-electron chi connectivity index (χ0n) is 44.7. The number of likely N-dealkylation sites (tertiary alicyclic amines) is 2. The number of aromatic nitrogens is 4. The molecule has 2 aromatic carbocycles. The van der Waals surface area contributed by atoms with Crippen LogP contribution in [0, 0.1) is 11.6 Å². The molecule has 4 heterocycles. The molecular weight excluding hydrogens is 1090 g/mol. The Bertz CT molecular complexity index is 2970. The lowest BCUT2D eigenvalue weighted by Gasteiger charge is -2.33. The van der Waals surface area contributed by atoms with Crippen molar-refractivity contribution in [1.29, 1.82) is 0 Å². The van der Waals surface area contributed by atoms with Crippen LogP contribution in [0.15, 0.2) is 58.8 Å². The maximum Gasteiger partial charge on any atom is 0.410 e. The minimum Gasteiger partial charge on any atom is -0.487 e. The van der Waals surface area contributed by atoms with Crippen LogP contribution in [-0.4, -0.2) is 145 Å². The number of halogens is 3. The van der Waals surface area contributed by atoms with Gasteiger partial charge in [0.2, 0.25) is 11.5 Å². The molecule has 27 heteroatoms. The largest absolute Gasteiger partial charge is 0.487 e. The van der Waals surface area contributed by atoms with Crippen molar-refractivity contribution in [3.63, 3.8) is 0 Å². The molecule has 2 amide bonds. The second kappa shape index (κ2) is 26.4. The maximum atomic E-state index is 14.7. The predicted molar refractivity (Wildman–Crippen MR) is 276 cm³/mol. The Balaban J connectivity index is 0.000000225. The summed E-state index contributed by atoms with van der Waals surface area (Å²) < 4.78 is 128. The highest BCUT2D eigenvalue weighted by Gasteiger charge is 2.39. The van der Waals surface area contributed by atoms with E-state index in [0.717, 1.165) is 12.1 Å². The van der Waals surface area contributed by atoms with Gasteiger partial charge >= 0.3 is 17.6 Å². The Morgan fingerprint density at radius 2 is 0.962 bits per heavy atom. The molecule has 4 aliphatic rings. The molecule has 0 bridgehead atoms. The van der Waals surface area contributed by atoms with Gasteiger partial charge in [0.25, 0.3) is 23.5 Å². The Morgan fingerprint density at radius 1 is 0.590 bits per heavy atom. The molecule has 0 atom stereocenters. The second-order valence-electron chi connectivity index (χ2n) is 19.8. The van der Waals surface area contributed by atoms with Crippen molar-refractivity contribution in [3.05, 3.63) is 60.7 Å². The lowest BCUT2D eigenvalue weighted by Crippen LogP contribution is -2.44. The Morgan fingerprint density at radius 3 is 1.27 bits per heavy atom. The fraction of sp³-hybridized carbons (Fsp3) is 0.549. The first kappa shape index (κ1) is 60.7. The predicted octanol–water partition coefficient (Wildman–Crippen LogP) is 9.64. The third-order valence-electron chi connectivity index (χ3n) is 11.7. The lowest BCUT2D eigenvalue weighted by molar-refractivity contribution is 0.0119. The van der Waals surface area contributed by atoms with Crippen molar-refractivity contribution in [3.8, 4) is 46.5 Å². The van der Waals surface area contributed by atoms with E-state index in [2.05, 4.69) is 24.7 Å². The van der Waals surface area contributed by atoms with Crippen LogP contribution < -0.4 is 28.4 Å². The van der Waals surface area contributed by atoms with Crippen LogP contribution in [0.2, 0.25) is 0 Å². The molecular formula is C51H65ClF2N6O16S2. The first-order valence-electron chi connectivity index (χ1n) is 25.1. The normalized spacial score (nSPS) is 16.2. The molecule has 2 aliphatic heterocycles. The van der Waals surface area contributed by atoms with Gasteiger partial charge in [-0.2, -0.15) is 19.9 Å². The van der Waals surface area contributed by atoms with Crippen molar-refractivity contribution >= 4 is 48.9 Å². The summed E-state index contributed by atoms with van der Waals surface area (Å²) >= 11 is 4.81. The number of carbonyl (C=O) groups excluding carboxylic acids is 3. The number of rotatable bonds is 16. The van der Waals surface area contributed by atoms with Crippen molar-refractivity contribution in [2.45, 2.75) is 150 Å². The summed E-state index contributed by atoms with van der Waals surface area (Å²) in [4.78, 5) is 53.5. The average molecular weight is 1160 g/mol. The number of nitrogens with zero attached hydrogens (tertiary/aromatic N) is 6. The molecule has 0 radical (unpaired) electrons. The molecule has 2 aromatic heterocycles. The van der Waals surface area contributed by atoms with Crippen molar-refractivity contribution in [2.75, 3.05) is 40.4 Å². The number of carbonyl (C=O) groups is 3. The van der Waals surface area contributed by atoms with Gasteiger partial charge in [-0.05, 0) is 111 Å². The summed E-state index contributed by atoms with van der Waals surface area (Å²) in [5.74, 6) is -1.87. The van der Waals surface area contributed by atoms with E-state index >= 15 is 0 Å². The van der Waals surface area contributed by atoms with Gasteiger partial charge in [0, 0.05) is 63.5 Å². The van der Waals surface area contributed by atoms with Crippen LogP contribution in [0.5, 0.6) is 46.5 Å². The molecule has 4 aromatic rings. The maximum absolute atomic E-state index is 14.7. The minimum atomic E-state index is -3.53. The van der Waals surface area contributed by atoms with Crippen LogP contribution in [0.3, 0.4) is 0 Å². The summed E-state index contributed by atoms with van der Waals surface area (Å²) in [7, 11) is -4.30. The molecule has 428 valence electrons. The number of sulfone groups is 2. The summed E-state index contributed by atoms with van der Waals surface area (Å²) in [6.07, 6.45) is 5.46. The molecule has 8 rings (SSSR count). The zero-order valence-corrected chi connectivity index (χ0v) is 47.1. The molecule has 4 fully saturated rings. The Kier molecular flexibility index (Phi) is 20.5. The van der Waals surface area contributed by atoms with Crippen molar-refractivity contribution < 1.29 is 82.6 Å². The fourth-order valence-corrected chi connectivity index (χ4v) is 11.1. The summed E-state index contributed by atoms with van der Waals surface area (Å²) in [6, 6.07) is 7.03. The molecule has 0 N–H and O–H groups in total. The topological polar surface area (TPSA) is 261 Å². The molecule has 0 unspecified atom stereocenters. The highest BCUT2D eigenvalue weighted by Crippen LogP contribution is 2.41. The third-order valence-corrected chi connectivity index (χ3v) is 16.3. The van der Waals surface area contributed by atoms with Gasteiger partial charge in [-0.25, -0.2) is 40.0 Å². The highest BCUT2D eigenvalue weighted by atomic mass is 35.5. The first-order valence-corrected chi connectivity index (χ1v) is 28.6. The van der Waals surface area contributed by atoms with Gasteiger partial charge in [-0.3, -0.25) is 0 Å². The van der Waals surface area contributed by atoms with E-state index < -0.39 is 52.8 Å². The number of benzene rings is 2. The van der Waals surface area contributed by atoms with Crippen molar-refractivity contribution in [2.24, 2.45) is 0 Å². The quantitative estimate of drug-likeness (QED) is 0.0746. The van der Waals surface area contributed by atoms with E-state index in [-0.39, 0.29) is 92.9 Å². The zero-order chi connectivity index (χ0) is 57.1. The Hall–Kier alpha value is -6.54. The van der Waals surface area contributed by atoms with E-state index in [1.165, 1.54) is 51.1 Å². The minimum absolute atomic E-state index is 0.0705. The van der Waals surface area contributed by atoms with Gasteiger partial charge in [-0.15, -0.1) is 0 Å². The third kappa shape index (κ3) is 17.0. The summed E-state index contributed by atoms with van der Waals surface area (Å²) in [5.41, 5.74) is -1.31. The molecule has 2 aliphatic carbocycles. The lowest BCUT2D eigenvalue weighted by atomic mass is 10.1. The standard InChI is InChI=1S/C24H30FN3O7S.C23H28FN3O7S.C4H7ClO2/c1-24(2,3)35-23(29)28-11-9-15(10-12-28)33-21-20(32-4)22(27-14-26-21)34-19-8-7-17(13-18(19)25)36(30,31)16-5-6-16;1-14(2)32-23(28)27-10-8-15(9-11-27)33-21-20(31-3)22(26-13-25-21)34-19-7-6-17(12-18(19)24)35(29,30)16-4-5-16;1-3(2)7-4(5)6/h7-8,13-16H,5-6,9-12H2,1-4H3;6-7,12-16H,4-5,8-11H2,1-3H3;3H,1-2H3. The van der Waals surface area contributed by atoms with Gasteiger partial charge in [0.15, 0.2) is 42.8 Å². The van der Waals surface area contributed by atoms with Gasteiger partial charge < -0.3 is 52.4 Å². The smallest absolute Gasteiger partial charge is 0.410 e. The summed E-state index contributed by atoms with van der Waals surface area (Å²) in [5, 5.41) is -0.885. The van der Waals surface area contributed by atoms with E-state index in [9.17, 15) is 40.0 Å². The van der Waals surface area contributed by atoms with E-state index in [1.807, 2.05) is 20.8 Å². The number of ether oxygens (including phenoxy) is 9. The molecule has 2 saturated heterocycles. The highest BCUT2D eigenvalue weighted by molar-refractivity contribution is 7.92. The van der Waals surface area contributed by atoms with E-state index in [4.69, 9.17) is 49.5 Å². The van der Waals surface area contributed by atoms with Crippen LogP contribution in [0.4, 0.5) is 23.2 Å². The Labute approximate surface area is 457 Å². The average Bonchev–Trinajstić information content (AvgIpc) is 4.31. The SMILES string of the molecule is CC(C)OC(=O)Cl.COc1c(Oc2ccc(S(=O)(=O)C3CC3)cc2F)ncnc1OC1CCN(C(=O)OC(C)(C)C)CC1.COc1c(Oc2ccc(S(=O)(=O)C3CC3)cc2F)ncnc1OC1CCN(C(=O)OC(C)C)CC1. The number of hydrogen-bond donors (Lipinski definition) is 0. The van der Waals surface area contributed by atoms with E-state index in [0.29, 0.717) is 77.5 Å². The molecule has 78 heavy (non-hydrogen) atoms. The number of piperidine rings is 2. The fourth-order valence-electron chi connectivity index (χ4n) is 7.60. The number of amides is 2. The molecule has 2 saturated carbocycles. The van der Waals surface area contributed by atoms with Gasteiger partial charge in [0.1, 0.15) is 30.5 Å².